The topological polar surface area (TPSA) is 35.6 Å². The molecule has 5 heteroatoms. The van der Waals surface area contributed by atoms with Crippen LogP contribution in [0.4, 0.5) is 0 Å². The summed E-state index contributed by atoms with van der Waals surface area (Å²) in [7, 11) is 1.90. The van der Waals surface area contributed by atoms with E-state index in [0.717, 1.165) is 32.5 Å². The van der Waals surface area contributed by atoms with Crippen molar-refractivity contribution in [3.8, 4) is 0 Å². The first-order valence-corrected chi connectivity index (χ1v) is 7.93. The molecule has 4 nitrogen and oxygen atoms in total. The summed E-state index contributed by atoms with van der Waals surface area (Å²) in [5.41, 5.74) is 1.18. The fraction of sp³-hybridized carbons (Fsp3) is 0.588. The lowest BCUT2D eigenvalue weighted by molar-refractivity contribution is -0.132. The van der Waals surface area contributed by atoms with Crippen LogP contribution in [-0.4, -0.2) is 55.0 Å². The lowest BCUT2D eigenvalue weighted by Crippen LogP contribution is -2.44. The molecule has 1 amide bonds. The number of benzene rings is 1. The van der Waals surface area contributed by atoms with Gasteiger partial charge in [0, 0.05) is 26.2 Å². The van der Waals surface area contributed by atoms with E-state index >= 15 is 0 Å². The molecule has 0 saturated carbocycles. The minimum Gasteiger partial charge on any atom is -0.340 e. The third-order valence-electron chi connectivity index (χ3n) is 4.09. The first kappa shape index (κ1) is 18.9. The van der Waals surface area contributed by atoms with Crippen molar-refractivity contribution < 1.29 is 4.79 Å². The smallest absolute Gasteiger partial charge is 0.236 e. The van der Waals surface area contributed by atoms with Crippen molar-refractivity contribution in [2.75, 3.05) is 33.2 Å². The Hall–Kier alpha value is -1.10. The van der Waals surface area contributed by atoms with Crippen molar-refractivity contribution in [2.24, 2.45) is 0 Å². The van der Waals surface area contributed by atoms with Crippen molar-refractivity contribution in [3.05, 3.63) is 35.9 Å². The molecule has 2 rings (SSSR count). The first-order valence-electron chi connectivity index (χ1n) is 7.93. The first-order chi connectivity index (χ1) is 10.2. The molecule has 124 valence electrons. The number of amides is 1. The predicted molar refractivity (Wildman–Crippen MR) is 93.3 cm³/mol. The Bertz CT molecular complexity index is 435. The monoisotopic (exact) mass is 325 g/mol. The van der Waals surface area contributed by atoms with E-state index in [1.165, 1.54) is 5.56 Å². The molecule has 1 saturated heterocycles. The fourth-order valence-electron chi connectivity index (χ4n) is 2.87. The lowest BCUT2D eigenvalue weighted by Gasteiger charge is -2.29. The Kier molecular flexibility index (Phi) is 8.46. The average molecular weight is 326 g/mol. The second-order valence-electron chi connectivity index (χ2n) is 5.85. The molecule has 1 fully saturated rings. The quantitative estimate of drug-likeness (QED) is 0.834. The normalized spacial score (nSPS) is 17.3. The number of nitrogens with one attached hydrogen (secondary N) is 1. The van der Waals surface area contributed by atoms with E-state index in [-0.39, 0.29) is 18.3 Å². The van der Waals surface area contributed by atoms with Crippen LogP contribution in [0.2, 0.25) is 0 Å². The number of carbonyl (C=O) groups excluding carboxylic acids is 1. The van der Waals surface area contributed by atoms with Gasteiger partial charge in [0.25, 0.3) is 0 Å². The van der Waals surface area contributed by atoms with Gasteiger partial charge in [-0.05, 0) is 31.5 Å². The highest BCUT2D eigenvalue weighted by Crippen LogP contribution is 2.10. The number of halogens is 1. The van der Waals surface area contributed by atoms with Gasteiger partial charge in [0.1, 0.15) is 0 Å². The standard InChI is InChI=1S/C17H27N3O.ClH/c1-3-11-20(16-9-10-18-12-16)14-17(21)19(2)13-15-7-5-4-6-8-15;/h4-8,16,18H,3,9-14H2,1-2H3;1H. The molecule has 0 bridgehead atoms. The number of hydrogen-bond acceptors (Lipinski definition) is 3. The Balaban J connectivity index is 0.00000242. The molecule has 0 spiro atoms. The van der Waals surface area contributed by atoms with E-state index in [0.29, 0.717) is 19.1 Å². The second kappa shape index (κ2) is 9.82. The SMILES string of the molecule is CCCN(CC(=O)N(C)Cc1ccccc1)C1CCNC1.Cl. The summed E-state index contributed by atoms with van der Waals surface area (Å²) >= 11 is 0. The molecule has 1 aromatic carbocycles. The summed E-state index contributed by atoms with van der Waals surface area (Å²) < 4.78 is 0. The number of rotatable bonds is 7. The molecule has 0 aromatic heterocycles. The van der Waals surface area contributed by atoms with Crippen molar-refractivity contribution in [1.82, 2.24) is 15.1 Å². The van der Waals surface area contributed by atoms with Gasteiger partial charge >= 0.3 is 0 Å². The summed E-state index contributed by atoms with van der Waals surface area (Å²) in [5, 5.41) is 3.39. The molecule has 22 heavy (non-hydrogen) atoms. The van der Waals surface area contributed by atoms with E-state index in [2.05, 4.69) is 29.3 Å². The van der Waals surface area contributed by atoms with Crippen LogP contribution in [0.3, 0.4) is 0 Å². The van der Waals surface area contributed by atoms with Gasteiger partial charge in [-0.1, -0.05) is 37.3 Å². The zero-order valence-corrected chi connectivity index (χ0v) is 14.4. The second-order valence-corrected chi connectivity index (χ2v) is 5.85. The molecule has 1 aromatic rings. The van der Waals surface area contributed by atoms with Gasteiger partial charge in [-0.25, -0.2) is 0 Å². The van der Waals surface area contributed by atoms with Crippen LogP contribution in [0.1, 0.15) is 25.3 Å². The molecular weight excluding hydrogens is 298 g/mol. The Labute approximate surface area is 140 Å². The molecule has 1 unspecified atom stereocenters. The highest BCUT2D eigenvalue weighted by Gasteiger charge is 2.24. The summed E-state index contributed by atoms with van der Waals surface area (Å²) in [5.74, 6) is 0.208. The van der Waals surface area contributed by atoms with Gasteiger partial charge < -0.3 is 10.2 Å². The minimum absolute atomic E-state index is 0. The van der Waals surface area contributed by atoms with Crippen LogP contribution in [0, 0.1) is 0 Å². The maximum absolute atomic E-state index is 12.5. The Morgan fingerprint density at radius 2 is 2.05 bits per heavy atom. The largest absolute Gasteiger partial charge is 0.340 e. The van der Waals surface area contributed by atoms with Gasteiger partial charge in [-0.3, -0.25) is 9.69 Å². The minimum atomic E-state index is 0. The third kappa shape index (κ3) is 5.59. The zero-order chi connectivity index (χ0) is 15.1. The molecule has 0 radical (unpaired) electrons. The molecule has 1 heterocycles. The lowest BCUT2D eigenvalue weighted by atomic mass is 10.2. The molecular formula is C17H28ClN3O. The summed E-state index contributed by atoms with van der Waals surface area (Å²) in [4.78, 5) is 16.6. The van der Waals surface area contributed by atoms with E-state index in [1.54, 1.807) is 0 Å². The van der Waals surface area contributed by atoms with Gasteiger partial charge in [0.15, 0.2) is 0 Å². The van der Waals surface area contributed by atoms with E-state index in [1.807, 2.05) is 30.1 Å². The molecule has 1 aliphatic heterocycles. The number of likely N-dealkylation sites (N-methyl/N-ethyl adjacent to an activating group) is 1. The van der Waals surface area contributed by atoms with Crippen molar-refractivity contribution >= 4 is 18.3 Å². The Morgan fingerprint density at radius 1 is 1.32 bits per heavy atom. The number of hydrogen-bond donors (Lipinski definition) is 1. The van der Waals surface area contributed by atoms with Crippen molar-refractivity contribution in [1.29, 1.82) is 0 Å². The van der Waals surface area contributed by atoms with Crippen LogP contribution < -0.4 is 5.32 Å². The van der Waals surface area contributed by atoms with Crippen molar-refractivity contribution in [2.45, 2.75) is 32.4 Å². The maximum atomic E-state index is 12.5. The van der Waals surface area contributed by atoms with Crippen LogP contribution in [0.5, 0.6) is 0 Å². The maximum Gasteiger partial charge on any atom is 0.236 e. The van der Waals surface area contributed by atoms with Crippen molar-refractivity contribution in [3.63, 3.8) is 0 Å². The zero-order valence-electron chi connectivity index (χ0n) is 13.6. The van der Waals surface area contributed by atoms with Crippen LogP contribution >= 0.6 is 12.4 Å². The summed E-state index contributed by atoms with van der Waals surface area (Å²) in [6, 6.07) is 10.7. The molecule has 1 atom stereocenters. The predicted octanol–water partition coefficient (Wildman–Crippen LogP) is 2.14. The van der Waals surface area contributed by atoms with Gasteiger partial charge in [-0.2, -0.15) is 0 Å². The highest BCUT2D eigenvalue weighted by molar-refractivity contribution is 5.85. The highest BCUT2D eigenvalue weighted by atomic mass is 35.5. The summed E-state index contributed by atoms with van der Waals surface area (Å²) in [6.45, 7) is 6.46. The van der Waals surface area contributed by atoms with E-state index in [4.69, 9.17) is 0 Å². The van der Waals surface area contributed by atoms with Crippen LogP contribution in [0.15, 0.2) is 30.3 Å². The third-order valence-corrected chi connectivity index (χ3v) is 4.09. The summed E-state index contributed by atoms with van der Waals surface area (Å²) in [6.07, 6.45) is 2.24. The molecule has 1 aliphatic rings. The van der Waals surface area contributed by atoms with Gasteiger partial charge in [0.2, 0.25) is 5.91 Å². The number of nitrogens with zero attached hydrogens (tertiary/aromatic N) is 2. The Morgan fingerprint density at radius 3 is 2.64 bits per heavy atom. The van der Waals surface area contributed by atoms with Gasteiger partial charge in [-0.15, -0.1) is 12.4 Å². The van der Waals surface area contributed by atoms with E-state index in [9.17, 15) is 4.79 Å². The van der Waals surface area contributed by atoms with Crippen LogP contribution in [0.25, 0.3) is 0 Å². The van der Waals surface area contributed by atoms with Gasteiger partial charge in [0.05, 0.1) is 6.54 Å². The van der Waals surface area contributed by atoms with Crippen LogP contribution in [-0.2, 0) is 11.3 Å². The fourth-order valence-corrected chi connectivity index (χ4v) is 2.87. The molecule has 0 aliphatic carbocycles. The average Bonchev–Trinajstić information content (AvgIpc) is 3.02. The van der Waals surface area contributed by atoms with E-state index < -0.39 is 0 Å². The number of carbonyl (C=O) groups is 1. The molecule has 1 N–H and O–H groups in total.